The van der Waals surface area contributed by atoms with Crippen molar-refractivity contribution in [1.82, 2.24) is 0 Å². The zero-order chi connectivity index (χ0) is 0. The fourth-order valence-corrected chi connectivity index (χ4v) is 0. The molecule has 0 saturated carbocycles. The third kappa shape index (κ3) is 8.94. The summed E-state index contributed by atoms with van der Waals surface area (Å²) in [5.74, 6) is 0. The molecule has 0 N–H and O–H groups in total. The first-order valence-corrected chi connectivity index (χ1v) is 0. The van der Waals surface area contributed by atoms with Crippen LogP contribution in [0, 0.1) is 0 Å². The molecule has 3 radical (unpaired) electrons. The van der Waals surface area contributed by atoms with Crippen LogP contribution in [-0.2, 0) is 44.1 Å². The van der Waals surface area contributed by atoms with Crippen molar-refractivity contribution in [3.05, 3.63) is 0 Å². The van der Waals surface area contributed by atoms with Crippen molar-refractivity contribution in [2.45, 2.75) is 0 Å². The van der Waals surface area contributed by atoms with Crippen LogP contribution < -0.4 is 0 Å². The van der Waals surface area contributed by atoms with Crippen LogP contribution in [0.15, 0.2) is 0 Å². The van der Waals surface area contributed by atoms with Crippen molar-refractivity contribution >= 4 is 50.4 Å². The fraction of sp³-hybridized carbons (Fsp3) is 0. The average Bonchev–Trinajstić information content (AvgIpc) is 0. The van der Waals surface area contributed by atoms with Gasteiger partial charge in [-0.15, -0.1) is 0 Å². The van der Waals surface area contributed by atoms with E-state index in [9.17, 15) is 0 Å². The minimum Gasteiger partial charge on any atom is 0 e. The zero-order valence-corrected chi connectivity index (χ0v) is 13.0. The molecule has 0 heterocycles. The van der Waals surface area contributed by atoms with Gasteiger partial charge in [0.1, 0.15) is 0 Å². The van der Waals surface area contributed by atoms with Crippen molar-refractivity contribution in [2.24, 2.45) is 0 Å². The minimum absolute atomic E-state index is 0. The average molecular weight is 376 g/mol. The van der Waals surface area contributed by atoms with Crippen molar-refractivity contribution in [2.75, 3.05) is 0 Å². The van der Waals surface area contributed by atoms with Crippen molar-refractivity contribution in [3.8, 4) is 0 Å². The summed E-state index contributed by atoms with van der Waals surface area (Å²) < 4.78 is 0. The van der Waals surface area contributed by atoms with Crippen LogP contribution in [0.4, 0.5) is 0 Å². The minimum atomic E-state index is 0. The van der Waals surface area contributed by atoms with E-state index in [-0.39, 0.29) is 97.3 Å². The third-order valence-corrected chi connectivity index (χ3v) is 0. The zero-order valence-electron chi connectivity index (χ0n) is 4.36. The monoisotopic (exact) mass is 377 g/mol. The number of hydrogen-bond acceptors (Lipinski definition) is 0. The first-order chi connectivity index (χ1) is 0. The second-order valence-corrected chi connectivity index (χ2v) is 0. The van der Waals surface area contributed by atoms with Crippen LogP contribution in [0.1, 0.15) is 2.85 Å². The fourth-order valence-electron chi connectivity index (χ4n) is 0. The molecule has 0 aromatic heterocycles. The van der Waals surface area contributed by atoms with Gasteiger partial charge in [-0.3, -0.25) is 0 Å². The summed E-state index contributed by atoms with van der Waals surface area (Å²) >= 11 is 0. The van der Waals surface area contributed by atoms with E-state index < -0.39 is 0 Å². The van der Waals surface area contributed by atoms with Crippen molar-refractivity contribution < 1.29 is 47.0 Å². The summed E-state index contributed by atoms with van der Waals surface area (Å²) in [4.78, 5) is 0. The summed E-state index contributed by atoms with van der Waals surface area (Å²) in [6.07, 6.45) is 0. The van der Waals surface area contributed by atoms with Gasteiger partial charge in [-0.1, -0.05) is 0 Å². The standard InChI is InChI=1S/Mg.Nb.Pb.Ti.4H/q+2;;;;;;2*-1. The smallest absolute Gasteiger partial charge is 0 e. The Morgan fingerprint density at radius 1 is 1.25 bits per heavy atom. The van der Waals surface area contributed by atoms with E-state index in [2.05, 4.69) is 0 Å². The maximum Gasteiger partial charge on any atom is 0 e. The molecule has 4 heteroatoms. The van der Waals surface area contributed by atoms with Gasteiger partial charge in [-0.2, -0.15) is 0 Å². The van der Waals surface area contributed by atoms with Gasteiger partial charge in [0.05, 0.1) is 0 Å². The topological polar surface area (TPSA) is 0 Å². The van der Waals surface area contributed by atoms with E-state index in [1.165, 1.54) is 0 Å². The molecule has 0 bridgehead atoms. The van der Waals surface area contributed by atoms with E-state index >= 15 is 0 Å². The van der Waals surface area contributed by atoms with Crippen LogP contribution >= 0.6 is 0 Å². The molecule has 0 nitrogen and oxygen atoms in total. The van der Waals surface area contributed by atoms with Gasteiger partial charge >= 0.3 is 50.4 Å². The first kappa shape index (κ1) is 27.3. The Hall–Kier alpha value is 3.14. The van der Waals surface area contributed by atoms with Crippen LogP contribution in [0.2, 0.25) is 0 Å². The van der Waals surface area contributed by atoms with Crippen LogP contribution in [0.5, 0.6) is 0 Å². The van der Waals surface area contributed by atoms with E-state index in [0.29, 0.717) is 0 Å². The molecular formula is H4MgNbPbTi. The molecule has 19 valence electrons. The Morgan fingerprint density at radius 2 is 1.25 bits per heavy atom. The summed E-state index contributed by atoms with van der Waals surface area (Å²) in [6.45, 7) is 0. The molecule has 0 aliphatic rings. The first-order valence-electron chi connectivity index (χ1n) is 0. The van der Waals surface area contributed by atoms with E-state index in [1.54, 1.807) is 0 Å². The molecule has 0 spiro atoms. The Labute approximate surface area is 95.5 Å². The van der Waals surface area contributed by atoms with Crippen LogP contribution in [-0.4, -0.2) is 50.4 Å². The molecule has 0 aromatic rings. The molecule has 0 aliphatic heterocycles. The SMILES string of the molecule is [H-].[H-].[Mg+2].[Nb].[PbH2].[Ti]. The van der Waals surface area contributed by atoms with E-state index in [1.807, 2.05) is 0 Å². The third-order valence-electron chi connectivity index (χ3n) is 0. The Bertz CT molecular complexity index is 13.5. The van der Waals surface area contributed by atoms with Gasteiger partial charge in [0, 0.05) is 44.1 Å². The number of hydrogen-bond donors (Lipinski definition) is 0. The molecular weight excluding hydrogens is 372 g/mol. The normalized spacial score (nSPS) is 0. The summed E-state index contributed by atoms with van der Waals surface area (Å²) in [5, 5.41) is 0. The van der Waals surface area contributed by atoms with Gasteiger partial charge in [0.25, 0.3) is 0 Å². The maximum atomic E-state index is 0. The van der Waals surface area contributed by atoms with Gasteiger partial charge in [0.15, 0.2) is 0 Å². The maximum absolute atomic E-state index is 0. The van der Waals surface area contributed by atoms with E-state index in [4.69, 9.17) is 0 Å². The van der Waals surface area contributed by atoms with E-state index in [0.717, 1.165) is 0 Å². The van der Waals surface area contributed by atoms with Gasteiger partial charge < -0.3 is 2.85 Å². The molecule has 0 fully saturated rings. The van der Waals surface area contributed by atoms with Crippen molar-refractivity contribution in [1.29, 1.82) is 0 Å². The molecule has 0 amide bonds. The van der Waals surface area contributed by atoms with Crippen LogP contribution in [0.3, 0.4) is 0 Å². The van der Waals surface area contributed by atoms with Gasteiger partial charge in [-0.05, 0) is 0 Å². The Balaban J connectivity index is 0. The number of rotatable bonds is 0. The Kier molecular flexibility index (Phi) is 112. The Morgan fingerprint density at radius 3 is 1.25 bits per heavy atom. The van der Waals surface area contributed by atoms with Crippen molar-refractivity contribution in [3.63, 3.8) is 0 Å². The molecule has 0 unspecified atom stereocenters. The van der Waals surface area contributed by atoms with Gasteiger partial charge in [-0.25, -0.2) is 0 Å². The second kappa shape index (κ2) is 16.4. The quantitative estimate of drug-likeness (QED) is 0.472. The molecule has 0 aromatic carbocycles. The van der Waals surface area contributed by atoms with Gasteiger partial charge in [0.2, 0.25) is 0 Å². The summed E-state index contributed by atoms with van der Waals surface area (Å²) in [7, 11) is 0. The second-order valence-electron chi connectivity index (χ2n) is 0. The summed E-state index contributed by atoms with van der Waals surface area (Å²) in [6, 6.07) is 0. The van der Waals surface area contributed by atoms with Crippen LogP contribution in [0.25, 0.3) is 0 Å². The summed E-state index contributed by atoms with van der Waals surface area (Å²) in [5.41, 5.74) is 0. The molecule has 0 saturated heterocycles. The predicted molar refractivity (Wildman–Crippen MR) is 16.5 cm³/mol. The largest absolute Gasteiger partial charge is 0 e. The molecule has 0 rings (SSSR count). The molecule has 4 heavy (non-hydrogen) atoms. The predicted octanol–water partition coefficient (Wildman–Crippen LogP) is -1.08. The molecule has 0 aliphatic carbocycles. The molecule has 0 atom stereocenters.